The normalized spacial score (nSPS) is 10.8. The van der Waals surface area contributed by atoms with Crippen molar-refractivity contribution in [2.45, 2.75) is 20.0 Å². The summed E-state index contributed by atoms with van der Waals surface area (Å²) < 4.78 is 16.6. The number of halogens is 1. The van der Waals surface area contributed by atoms with E-state index in [1.54, 1.807) is 21.1 Å². The molecule has 1 aromatic carbocycles. The third-order valence-electron chi connectivity index (χ3n) is 3.46. The molecule has 1 aromatic heterocycles. The van der Waals surface area contributed by atoms with E-state index in [9.17, 15) is 4.79 Å². The summed E-state index contributed by atoms with van der Waals surface area (Å²) in [5.41, 5.74) is 1.86. The molecule has 0 atom stereocenters. The first-order valence-corrected chi connectivity index (χ1v) is 9.41. The molecule has 0 N–H and O–H groups in total. The lowest BCUT2D eigenvalue weighted by atomic mass is 10.1. The van der Waals surface area contributed by atoms with E-state index in [4.69, 9.17) is 14.2 Å². The summed E-state index contributed by atoms with van der Waals surface area (Å²) in [6.07, 6.45) is 0. The molecule has 0 spiro atoms. The molecule has 25 heavy (non-hydrogen) atoms. The standard InChI is InChI=1S/C17H21BrN2O4S/c1-4-24-16(21)10-20(9-13-11-25-17(18)19-13)8-12-5-6-14(22-2)7-15(12)23-3/h5-7,11H,4,8-10H2,1-3H3. The van der Waals surface area contributed by atoms with Crippen molar-refractivity contribution < 1.29 is 19.0 Å². The predicted molar refractivity (Wildman–Crippen MR) is 100 cm³/mol. The Bertz CT molecular complexity index is 708. The zero-order valence-corrected chi connectivity index (χ0v) is 16.9. The number of aromatic nitrogens is 1. The number of nitrogens with zero attached hydrogens (tertiary/aromatic N) is 2. The molecule has 2 aromatic rings. The number of hydrogen-bond donors (Lipinski definition) is 0. The number of methoxy groups -OCH3 is 2. The molecule has 1 heterocycles. The highest BCUT2D eigenvalue weighted by Gasteiger charge is 2.17. The zero-order valence-electron chi connectivity index (χ0n) is 14.5. The average molecular weight is 429 g/mol. The van der Waals surface area contributed by atoms with Gasteiger partial charge in [-0.25, -0.2) is 4.98 Å². The van der Waals surface area contributed by atoms with Gasteiger partial charge < -0.3 is 14.2 Å². The molecule has 8 heteroatoms. The Balaban J connectivity index is 2.18. The van der Waals surface area contributed by atoms with Crippen LogP contribution in [-0.2, 0) is 22.6 Å². The van der Waals surface area contributed by atoms with E-state index in [-0.39, 0.29) is 12.5 Å². The van der Waals surface area contributed by atoms with Crippen molar-refractivity contribution in [1.82, 2.24) is 9.88 Å². The fourth-order valence-electron chi connectivity index (χ4n) is 2.36. The Morgan fingerprint density at radius 2 is 2.08 bits per heavy atom. The molecule has 6 nitrogen and oxygen atoms in total. The molecule has 0 amide bonds. The van der Waals surface area contributed by atoms with Crippen LogP contribution in [0.1, 0.15) is 18.2 Å². The number of rotatable bonds is 9. The van der Waals surface area contributed by atoms with E-state index in [0.29, 0.717) is 25.4 Å². The number of carbonyl (C=O) groups excluding carboxylic acids is 1. The summed E-state index contributed by atoms with van der Waals surface area (Å²) in [5, 5.41) is 1.97. The van der Waals surface area contributed by atoms with Gasteiger partial charge in [0.2, 0.25) is 0 Å². The minimum atomic E-state index is -0.260. The number of hydrogen-bond acceptors (Lipinski definition) is 7. The van der Waals surface area contributed by atoms with Crippen LogP contribution in [0.5, 0.6) is 11.5 Å². The van der Waals surface area contributed by atoms with Gasteiger partial charge in [-0.2, -0.15) is 0 Å². The van der Waals surface area contributed by atoms with Gasteiger partial charge in [0.05, 0.1) is 33.1 Å². The van der Waals surface area contributed by atoms with Crippen molar-refractivity contribution in [2.24, 2.45) is 0 Å². The maximum atomic E-state index is 12.0. The van der Waals surface area contributed by atoms with Crippen molar-refractivity contribution in [3.63, 3.8) is 0 Å². The number of esters is 1. The molecule has 2 rings (SSSR count). The van der Waals surface area contributed by atoms with Gasteiger partial charge in [-0.3, -0.25) is 9.69 Å². The summed E-state index contributed by atoms with van der Waals surface area (Å²) in [6.45, 7) is 3.41. The minimum absolute atomic E-state index is 0.179. The molecule has 0 fully saturated rings. The molecule has 0 saturated heterocycles. The van der Waals surface area contributed by atoms with Crippen LogP contribution in [0.2, 0.25) is 0 Å². The van der Waals surface area contributed by atoms with E-state index < -0.39 is 0 Å². The lowest BCUT2D eigenvalue weighted by molar-refractivity contribution is -0.144. The summed E-state index contributed by atoms with van der Waals surface area (Å²) in [5.74, 6) is 1.18. The molecular weight excluding hydrogens is 408 g/mol. The van der Waals surface area contributed by atoms with E-state index in [0.717, 1.165) is 20.9 Å². The summed E-state index contributed by atoms with van der Waals surface area (Å²) >= 11 is 4.88. The summed E-state index contributed by atoms with van der Waals surface area (Å²) in [6, 6.07) is 5.64. The monoisotopic (exact) mass is 428 g/mol. The maximum absolute atomic E-state index is 12.0. The number of benzene rings is 1. The maximum Gasteiger partial charge on any atom is 0.320 e. The first-order chi connectivity index (χ1) is 12.0. The van der Waals surface area contributed by atoms with Crippen molar-refractivity contribution in [1.29, 1.82) is 0 Å². The van der Waals surface area contributed by atoms with E-state index >= 15 is 0 Å². The van der Waals surface area contributed by atoms with Crippen LogP contribution >= 0.6 is 27.3 Å². The van der Waals surface area contributed by atoms with Gasteiger partial charge in [-0.05, 0) is 28.9 Å². The van der Waals surface area contributed by atoms with Gasteiger partial charge in [0.25, 0.3) is 0 Å². The largest absolute Gasteiger partial charge is 0.497 e. The van der Waals surface area contributed by atoms with E-state index in [1.165, 1.54) is 11.3 Å². The molecular formula is C17H21BrN2O4S. The van der Waals surface area contributed by atoms with Crippen LogP contribution in [0.15, 0.2) is 27.5 Å². The molecule has 0 aliphatic rings. The third-order valence-corrected chi connectivity index (χ3v) is 4.87. The van der Waals surface area contributed by atoms with Crippen molar-refractivity contribution in [3.8, 4) is 11.5 Å². The van der Waals surface area contributed by atoms with Crippen molar-refractivity contribution in [2.75, 3.05) is 27.4 Å². The number of carbonyl (C=O) groups is 1. The smallest absolute Gasteiger partial charge is 0.320 e. The molecule has 0 saturated carbocycles. The Morgan fingerprint density at radius 1 is 1.28 bits per heavy atom. The summed E-state index contributed by atoms with van der Waals surface area (Å²) in [7, 11) is 3.23. The van der Waals surface area contributed by atoms with Gasteiger partial charge in [0.1, 0.15) is 11.5 Å². The fraction of sp³-hybridized carbons (Fsp3) is 0.412. The van der Waals surface area contributed by atoms with Gasteiger partial charge in [0.15, 0.2) is 3.92 Å². The quantitative estimate of drug-likeness (QED) is 0.569. The molecule has 0 unspecified atom stereocenters. The Labute approximate surface area is 159 Å². The molecule has 0 aliphatic heterocycles. The zero-order chi connectivity index (χ0) is 18.2. The lowest BCUT2D eigenvalue weighted by Gasteiger charge is -2.22. The molecule has 0 aliphatic carbocycles. The second-order valence-electron chi connectivity index (χ2n) is 5.22. The van der Waals surface area contributed by atoms with Gasteiger partial charge in [-0.1, -0.05) is 6.07 Å². The fourth-order valence-corrected chi connectivity index (χ4v) is 3.40. The minimum Gasteiger partial charge on any atom is -0.497 e. The third kappa shape index (κ3) is 5.98. The Kier molecular flexibility index (Phi) is 7.67. The van der Waals surface area contributed by atoms with Crippen LogP contribution in [0.25, 0.3) is 0 Å². The van der Waals surface area contributed by atoms with E-state index in [1.807, 2.05) is 28.5 Å². The highest BCUT2D eigenvalue weighted by atomic mass is 79.9. The number of thiazole rings is 1. The van der Waals surface area contributed by atoms with Crippen molar-refractivity contribution in [3.05, 3.63) is 38.8 Å². The lowest BCUT2D eigenvalue weighted by Crippen LogP contribution is -2.30. The van der Waals surface area contributed by atoms with Crippen LogP contribution in [0.4, 0.5) is 0 Å². The van der Waals surface area contributed by atoms with Crippen molar-refractivity contribution >= 4 is 33.2 Å². The Morgan fingerprint density at radius 3 is 2.68 bits per heavy atom. The van der Waals surface area contributed by atoms with Gasteiger partial charge >= 0.3 is 5.97 Å². The first kappa shape index (κ1) is 19.7. The predicted octanol–water partition coefficient (Wildman–Crippen LogP) is 3.49. The Hall–Kier alpha value is -1.64. The molecule has 136 valence electrons. The number of ether oxygens (including phenoxy) is 3. The van der Waals surface area contributed by atoms with Crippen LogP contribution < -0.4 is 9.47 Å². The van der Waals surface area contributed by atoms with Gasteiger partial charge in [-0.15, -0.1) is 11.3 Å². The highest BCUT2D eigenvalue weighted by Crippen LogP contribution is 2.26. The van der Waals surface area contributed by atoms with Crippen LogP contribution in [0, 0.1) is 0 Å². The molecule has 0 bridgehead atoms. The van der Waals surface area contributed by atoms with E-state index in [2.05, 4.69) is 20.9 Å². The summed E-state index contributed by atoms with van der Waals surface area (Å²) in [4.78, 5) is 18.3. The molecule has 0 radical (unpaired) electrons. The SMILES string of the molecule is CCOC(=O)CN(Cc1csc(Br)n1)Cc1ccc(OC)cc1OC. The second kappa shape index (κ2) is 9.74. The van der Waals surface area contributed by atoms with Crippen LogP contribution in [-0.4, -0.2) is 43.2 Å². The van der Waals surface area contributed by atoms with Crippen LogP contribution in [0.3, 0.4) is 0 Å². The van der Waals surface area contributed by atoms with Gasteiger partial charge in [0, 0.05) is 30.1 Å². The highest BCUT2D eigenvalue weighted by molar-refractivity contribution is 9.11. The second-order valence-corrected chi connectivity index (χ2v) is 7.35. The average Bonchev–Trinajstić information content (AvgIpc) is 3.00. The topological polar surface area (TPSA) is 60.9 Å². The first-order valence-electron chi connectivity index (χ1n) is 7.74.